The van der Waals surface area contributed by atoms with Crippen molar-refractivity contribution in [3.8, 4) is 5.75 Å². The Morgan fingerprint density at radius 3 is 2.36 bits per heavy atom. The van der Waals surface area contributed by atoms with Gasteiger partial charge in [0.25, 0.3) is 0 Å². The third-order valence-electron chi connectivity index (χ3n) is 6.09. The minimum atomic E-state index is 0. The fourth-order valence-electron chi connectivity index (χ4n) is 4.22. The Bertz CT molecular complexity index is 853. The lowest BCUT2D eigenvalue weighted by Gasteiger charge is -2.37. The summed E-state index contributed by atoms with van der Waals surface area (Å²) >= 11 is 0. The number of halogens is 1. The second kappa shape index (κ2) is 13.6. The minimum absolute atomic E-state index is 0. The van der Waals surface area contributed by atoms with Crippen LogP contribution in [0.15, 0.2) is 59.6 Å². The molecule has 8 heteroatoms. The molecule has 2 aromatic rings. The molecule has 0 bridgehead atoms. The zero-order chi connectivity index (χ0) is 22.0. The molecule has 0 aliphatic carbocycles. The van der Waals surface area contributed by atoms with Crippen molar-refractivity contribution in [3.63, 3.8) is 0 Å². The van der Waals surface area contributed by atoms with Gasteiger partial charge in [-0.1, -0.05) is 36.4 Å². The molecule has 0 spiro atoms. The number of aliphatic imine (C=N–C) groups is 1. The van der Waals surface area contributed by atoms with Crippen molar-refractivity contribution < 1.29 is 9.47 Å². The number of hydrogen-bond acceptors (Lipinski definition) is 5. The first kappa shape index (κ1) is 25.6. The molecule has 0 atom stereocenters. The van der Waals surface area contributed by atoms with Crippen LogP contribution in [0.25, 0.3) is 0 Å². The van der Waals surface area contributed by atoms with Gasteiger partial charge < -0.3 is 24.6 Å². The summed E-state index contributed by atoms with van der Waals surface area (Å²) in [5.41, 5.74) is 2.44. The molecule has 2 saturated heterocycles. The number of morpholine rings is 1. The summed E-state index contributed by atoms with van der Waals surface area (Å²) in [6, 6.07) is 18.9. The lowest BCUT2D eigenvalue weighted by molar-refractivity contribution is 0.0322. The highest BCUT2D eigenvalue weighted by Gasteiger charge is 2.20. The predicted octanol–water partition coefficient (Wildman–Crippen LogP) is 2.91. The number of nitrogens with zero attached hydrogens (tertiary/aromatic N) is 4. The smallest absolute Gasteiger partial charge is 0.194 e. The molecule has 1 N–H and O–H groups in total. The van der Waals surface area contributed by atoms with Crippen molar-refractivity contribution >= 4 is 35.6 Å². The molecule has 4 rings (SSSR count). The van der Waals surface area contributed by atoms with Crippen molar-refractivity contribution in [1.29, 1.82) is 0 Å². The second-order valence-electron chi connectivity index (χ2n) is 8.12. The van der Waals surface area contributed by atoms with E-state index in [1.54, 1.807) is 0 Å². The number of guanidine groups is 1. The molecule has 0 radical (unpaired) electrons. The number of rotatable bonds is 7. The number of benzene rings is 2. The van der Waals surface area contributed by atoms with Gasteiger partial charge in [-0.25, -0.2) is 0 Å². The number of ether oxygens (including phenoxy) is 2. The van der Waals surface area contributed by atoms with E-state index in [4.69, 9.17) is 9.47 Å². The van der Waals surface area contributed by atoms with Gasteiger partial charge in [0.15, 0.2) is 5.96 Å². The molecule has 33 heavy (non-hydrogen) atoms. The van der Waals surface area contributed by atoms with Gasteiger partial charge in [0.2, 0.25) is 0 Å². The van der Waals surface area contributed by atoms with E-state index in [0.717, 1.165) is 76.3 Å². The average Bonchev–Trinajstić information content (AvgIpc) is 2.87. The van der Waals surface area contributed by atoms with Crippen LogP contribution in [0.2, 0.25) is 0 Å². The van der Waals surface area contributed by atoms with Crippen LogP contribution < -0.4 is 15.0 Å². The molecular weight excluding hydrogens is 529 g/mol. The summed E-state index contributed by atoms with van der Waals surface area (Å²) in [6.07, 6.45) is 0. The maximum atomic E-state index is 6.13. The van der Waals surface area contributed by atoms with Crippen LogP contribution in [0.3, 0.4) is 0 Å². The number of nitrogens with one attached hydrogen (secondary N) is 1. The monoisotopic (exact) mass is 565 g/mol. The minimum Gasteiger partial charge on any atom is -0.492 e. The predicted molar refractivity (Wildman–Crippen MR) is 145 cm³/mol. The number of piperazine rings is 1. The van der Waals surface area contributed by atoms with Crippen LogP contribution in [0.1, 0.15) is 5.56 Å². The molecule has 7 nitrogen and oxygen atoms in total. The fraction of sp³-hybridized carbons (Fsp3) is 0.480. The Hall–Kier alpha value is -2.04. The molecule has 2 fully saturated rings. The van der Waals surface area contributed by atoms with Crippen LogP contribution in [0, 0.1) is 0 Å². The van der Waals surface area contributed by atoms with Crippen molar-refractivity contribution in [1.82, 2.24) is 15.1 Å². The van der Waals surface area contributed by atoms with Gasteiger partial charge in [-0.05, 0) is 18.2 Å². The molecule has 2 aromatic carbocycles. The lowest BCUT2D eigenvalue weighted by atomic mass is 10.2. The summed E-state index contributed by atoms with van der Waals surface area (Å²) in [7, 11) is 1.86. The number of hydrogen-bond donors (Lipinski definition) is 1. The second-order valence-corrected chi connectivity index (χ2v) is 8.12. The van der Waals surface area contributed by atoms with Crippen LogP contribution >= 0.6 is 24.0 Å². The number of para-hydroxylation sites is 2. The SMILES string of the molecule is CN=C(NCc1ccccc1OCCN1CCOCC1)N1CCN(c2ccccc2)CC1.I. The maximum Gasteiger partial charge on any atom is 0.194 e. The molecule has 2 aliphatic heterocycles. The first-order valence-electron chi connectivity index (χ1n) is 11.6. The van der Waals surface area contributed by atoms with E-state index < -0.39 is 0 Å². The summed E-state index contributed by atoms with van der Waals surface area (Å²) in [5, 5.41) is 3.54. The molecule has 0 amide bonds. The molecule has 180 valence electrons. The van der Waals surface area contributed by atoms with Crippen molar-refractivity contribution in [3.05, 3.63) is 60.2 Å². The molecule has 0 unspecified atom stereocenters. The van der Waals surface area contributed by atoms with Gasteiger partial charge in [0.1, 0.15) is 12.4 Å². The van der Waals surface area contributed by atoms with Crippen LogP contribution in [0.4, 0.5) is 5.69 Å². The quantitative estimate of drug-likeness (QED) is 0.317. The highest BCUT2D eigenvalue weighted by molar-refractivity contribution is 14.0. The van der Waals surface area contributed by atoms with E-state index >= 15 is 0 Å². The fourth-order valence-corrected chi connectivity index (χ4v) is 4.22. The normalized spacial score (nSPS) is 17.4. The Kier molecular flexibility index (Phi) is 10.6. The summed E-state index contributed by atoms with van der Waals surface area (Å²) < 4.78 is 11.5. The molecule has 2 heterocycles. The van der Waals surface area contributed by atoms with Crippen molar-refractivity contribution in [2.24, 2.45) is 4.99 Å². The highest BCUT2D eigenvalue weighted by Crippen LogP contribution is 2.19. The summed E-state index contributed by atoms with van der Waals surface area (Å²) in [6.45, 7) is 9.81. The molecular formula is C25H36IN5O2. The van der Waals surface area contributed by atoms with Gasteiger partial charge in [-0.3, -0.25) is 9.89 Å². The zero-order valence-electron chi connectivity index (χ0n) is 19.5. The average molecular weight is 566 g/mol. The van der Waals surface area contributed by atoms with Crippen molar-refractivity contribution in [2.45, 2.75) is 6.54 Å². The third kappa shape index (κ3) is 7.48. The molecule has 0 aromatic heterocycles. The number of anilines is 1. The van der Waals surface area contributed by atoms with E-state index in [-0.39, 0.29) is 24.0 Å². The van der Waals surface area contributed by atoms with Crippen molar-refractivity contribution in [2.75, 3.05) is 77.6 Å². The van der Waals surface area contributed by atoms with E-state index in [9.17, 15) is 0 Å². The maximum absolute atomic E-state index is 6.13. The van der Waals surface area contributed by atoms with E-state index in [1.165, 1.54) is 5.69 Å². The van der Waals surface area contributed by atoms with Gasteiger partial charge in [0, 0.05) is 70.7 Å². The zero-order valence-corrected chi connectivity index (χ0v) is 21.8. The molecule has 0 saturated carbocycles. The van der Waals surface area contributed by atoms with Gasteiger partial charge in [-0.2, -0.15) is 0 Å². The van der Waals surface area contributed by atoms with Crippen LogP contribution in [0.5, 0.6) is 5.75 Å². The first-order chi connectivity index (χ1) is 15.8. The Morgan fingerprint density at radius 2 is 1.64 bits per heavy atom. The van der Waals surface area contributed by atoms with Gasteiger partial charge in [-0.15, -0.1) is 24.0 Å². The Balaban J connectivity index is 0.00000306. The Labute approximate surface area is 214 Å². The van der Waals surface area contributed by atoms with Gasteiger partial charge >= 0.3 is 0 Å². The topological polar surface area (TPSA) is 52.6 Å². The standard InChI is InChI=1S/C25H35N5O2.HI/c1-26-25(30-13-11-29(12-14-30)23-8-3-2-4-9-23)27-21-22-7-5-6-10-24(22)32-20-17-28-15-18-31-19-16-28;/h2-10H,11-21H2,1H3,(H,26,27);1H. The highest BCUT2D eigenvalue weighted by atomic mass is 127. The molecule has 2 aliphatic rings. The Morgan fingerprint density at radius 1 is 0.939 bits per heavy atom. The third-order valence-corrected chi connectivity index (χ3v) is 6.09. The summed E-state index contributed by atoms with van der Waals surface area (Å²) in [4.78, 5) is 11.7. The van der Waals surface area contributed by atoms with E-state index in [1.807, 2.05) is 13.1 Å². The van der Waals surface area contributed by atoms with Gasteiger partial charge in [0.05, 0.1) is 13.2 Å². The van der Waals surface area contributed by atoms with E-state index in [2.05, 4.69) is 73.5 Å². The first-order valence-corrected chi connectivity index (χ1v) is 11.6. The lowest BCUT2D eigenvalue weighted by Crippen LogP contribution is -2.52. The largest absolute Gasteiger partial charge is 0.492 e. The summed E-state index contributed by atoms with van der Waals surface area (Å²) in [5.74, 6) is 1.89. The van der Waals surface area contributed by atoms with Crippen LogP contribution in [-0.4, -0.2) is 88.4 Å². The van der Waals surface area contributed by atoms with Crippen LogP contribution in [-0.2, 0) is 11.3 Å². The van der Waals surface area contributed by atoms with E-state index in [0.29, 0.717) is 13.2 Å².